The third-order valence-corrected chi connectivity index (χ3v) is 6.92. The fourth-order valence-corrected chi connectivity index (χ4v) is 4.86. The minimum atomic E-state index is -3.84. The molecule has 0 radical (unpaired) electrons. The highest BCUT2D eigenvalue weighted by atomic mass is 35.5. The molecule has 0 spiro atoms. The van der Waals surface area contributed by atoms with Gasteiger partial charge in [-0.15, -0.1) is 0 Å². The Morgan fingerprint density at radius 2 is 2.04 bits per heavy atom. The molecule has 9 heteroatoms. The summed E-state index contributed by atoms with van der Waals surface area (Å²) in [6, 6.07) is 3.68. The Morgan fingerprint density at radius 3 is 2.65 bits per heavy atom. The Balaban J connectivity index is 2.09. The third kappa shape index (κ3) is 5.15. The summed E-state index contributed by atoms with van der Waals surface area (Å²) in [6.45, 7) is 2.20. The number of sulfonamides is 1. The monoisotopic (exact) mass is 380 g/mol. The van der Waals surface area contributed by atoms with Crippen LogP contribution in [0.5, 0.6) is 0 Å². The van der Waals surface area contributed by atoms with Gasteiger partial charge in [0.1, 0.15) is 4.90 Å². The van der Waals surface area contributed by atoms with Crippen molar-refractivity contribution in [3.8, 4) is 0 Å². The Bertz CT molecular complexity index is 757. The van der Waals surface area contributed by atoms with Crippen LogP contribution >= 0.6 is 11.6 Å². The van der Waals surface area contributed by atoms with Crippen LogP contribution in [-0.2, 0) is 19.9 Å². The Morgan fingerprint density at radius 1 is 1.30 bits per heavy atom. The molecule has 23 heavy (non-hydrogen) atoms. The molecule has 2 N–H and O–H groups in total. The number of hydrogen-bond acceptors (Lipinski definition) is 5. The number of nitrogens with one attached hydrogen (secondary N) is 2. The third-order valence-electron chi connectivity index (χ3n) is 3.86. The summed E-state index contributed by atoms with van der Waals surface area (Å²) in [5.74, 6) is 0.448. The van der Waals surface area contributed by atoms with E-state index >= 15 is 0 Å². The van der Waals surface area contributed by atoms with Gasteiger partial charge in [-0.05, 0) is 56.5 Å². The normalized spacial score (nSPS) is 19.7. The highest BCUT2D eigenvalue weighted by molar-refractivity contribution is 7.91. The smallest absolute Gasteiger partial charge is 0.242 e. The first kappa shape index (κ1) is 18.7. The maximum atomic E-state index is 12.4. The number of hydrogen-bond donors (Lipinski definition) is 2. The average Bonchev–Trinajstić information content (AvgIpc) is 2.47. The molecule has 130 valence electrons. The largest absolute Gasteiger partial charge is 0.316 e. The van der Waals surface area contributed by atoms with Crippen LogP contribution in [0.3, 0.4) is 0 Å². The summed E-state index contributed by atoms with van der Waals surface area (Å²) in [5.41, 5.74) is 0. The van der Waals surface area contributed by atoms with E-state index < -0.39 is 19.9 Å². The van der Waals surface area contributed by atoms with Gasteiger partial charge in [0.2, 0.25) is 10.0 Å². The lowest BCUT2D eigenvalue weighted by Gasteiger charge is -2.22. The molecular weight excluding hydrogens is 360 g/mol. The van der Waals surface area contributed by atoms with Crippen LogP contribution in [-0.4, -0.2) is 42.7 Å². The topological polar surface area (TPSA) is 92.3 Å². The molecule has 0 bridgehead atoms. The quantitative estimate of drug-likeness (QED) is 0.778. The molecule has 1 aromatic rings. The second kappa shape index (κ2) is 7.48. The van der Waals surface area contributed by atoms with Crippen LogP contribution in [0.4, 0.5) is 0 Å². The van der Waals surface area contributed by atoms with Crippen molar-refractivity contribution in [3.63, 3.8) is 0 Å². The molecule has 1 aliphatic heterocycles. The molecule has 0 aromatic heterocycles. The fraction of sp³-hybridized carbons (Fsp3) is 0.571. The first-order valence-electron chi connectivity index (χ1n) is 7.40. The van der Waals surface area contributed by atoms with Crippen LogP contribution in [0.1, 0.15) is 19.3 Å². The van der Waals surface area contributed by atoms with Gasteiger partial charge >= 0.3 is 0 Å². The standard InChI is InChI=1S/C14H21ClN2O4S2/c1-22(18,19)12-4-5-13(15)14(9-12)23(20,21)17-8-6-11-3-2-7-16-10-11/h4-5,9,11,16-17H,2-3,6-8,10H2,1H3/t11-/m1/s1. The summed E-state index contributed by atoms with van der Waals surface area (Å²) in [6.07, 6.45) is 3.93. The Labute approximate surface area is 142 Å². The van der Waals surface area contributed by atoms with Crippen molar-refractivity contribution < 1.29 is 16.8 Å². The number of halogens is 1. The number of rotatable bonds is 6. The van der Waals surface area contributed by atoms with Gasteiger partial charge in [0.15, 0.2) is 9.84 Å². The van der Waals surface area contributed by atoms with Crippen molar-refractivity contribution in [2.45, 2.75) is 29.1 Å². The van der Waals surface area contributed by atoms with E-state index in [4.69, 9.17) is 11.6 Å². The predicted octanol–water partition coefficient (Wildman–Crippen LogP) is 1.41. The van der Waals surface area contributed by atoms with Gasteiger partial charge < -0.3 is 5.32 Å². The molecule has 1 atom stereocenters. The summed E-state index contributed by atoms with van der Waals surface area (Å²) < 4.78 is 50.4. The average molecular weight is 381 g/mol. The zero-order chi connectivity index (χ0) is 17.1. The number of piperidine rings is 1. The highest BCUT2D eigenvalue weighted by Crippen LogP contribution is 2.25. The van der Waals surface area contributed by atoms with Gasteiger partial charge in [0.25, 0.3) is 0 Å². The summed E-state index contributed by atoms with van der Waals surface area (Å²) >= 11 is 5.93. The highest BCUT2D eigenvalue weighted by Gasteiger charge is 2.21. The number of sulfone groups is 1. The molecule has 0 amide bonds. The Kier molecular flexibility index (Phi) is 6.07. The molecule has 2 rings (SSSR count). The van der Waals surface area contributed by atoms with Crippen molar-refractivity contribution in [3.05, 3.63) is 23.2 Å². The van der Waals surface area contributed by atoms with E-state index in [9.17, 15) is 16.8 Å². The van der Waals surface area contributed by atoms with Crippen LogP contribution in [0.2, 0.25) is 5.02 Å². The molecule has 1 aliphatic rings. The second-order valence-electron chi connectivity index (χ2n) is 5.76. The van der Waals surface area contributed by atoms with Gasteiger partial charge in [-0.2, -0.15) is 0 Å². The van der Waals surface area contributed by atoms with Gasteiger partial charge in [-0.25, -0.2) is 21.6 Å². The molecule has 0 saturated carbocycles. The van der Waals surface area contributed by atoms with Crippen molar-refractivity contribution in [2.75, 3.05) is 25.9 Å². The van der Waals surface area contributed by atoms with Gasteiger partial charge in [-0.1, -0.05) is 11.6 Å². The van der Waals surface area contributed by atoms with E-state index in [2.05, 4.69) is 10.0 Å². The Hall–Kier alpha value is -0.670. The molecule has 1 saturated heterocycles. The SMILES string of the molecule is CS(=O)(=O)c1ccc(Cl)c(S(=O)(=O)NCC[C@H]2CCCNC2)c1. The lowest BCUT2D eigenvalue weighted by atomic mass is 9.96. The van der Waals surface area contributed by atoms with Crippen LogP contribution < -0.4 is 10.0 Å². The maximum Gasteiger partial charge on any atom is 0.242 e. The van der Waals surface area contributed by atoms with Gasteiger partial charge in [0, 0.05) is 12.8 Å². The summed E-state index contributed by atoms with van der Waals surface area (Å²) in [4.78, 5) is -0.275. The number of benzene rings is 1. The molecule has 6 nitrogen and oxygen atoms in total. The fourth-order valence-electron chi connectivity index (χ4n) is 2.57. The van der Waals surface area contributed by atoms with Crippen LogP contribution in [0, 0.1) is 5.92 Å². The molecule has 1 heterocycles. The minimum Gasteiger partial charge on any atom is -0.316 e. The minimum absolute atomic E-state index is 0.00392. The lowest BCUT2D eigenvalue weighted by molar-refractivity contribution is 0.358. The van der Waals surface area contributed by atoms with E-state index in [1.54, 1.807) is 0 Å². The van der Waals surface area contributed by atoms with Gasteiger partial charge in [-0.3, -0.25) is 0 Å². The molecule has 1 aromatic carbocycles. The zero-order valence-electron chi connectivity index (χ0n) is 12.9. The molecule has 0 unspecified atom stereocenters. The molecule has 0 aliphatic carbocycles. The zero-order valence-corrected chi connectivity index (χ0v) is 15.3. The van der Waals surface area contributed by atoms with Crippen molar-refractivity contribution >= 4 is 31.5 Å². The van der Waals surface area contributed by atoms with Crippen LogP contribution in [0.15, 0.2) is 28.0 Å². The van der Waals surface area contributed by atoms with E-state index in [1.807, 2.05) is 0 Å². The first-order valence-corrected chi connectivity index (χ1v) is 11.2. The van der Waals surface area contributed by atoms with E-state index in [-0.39, 0.29) is 14.8 Å². The molecular formula is C14H21ClN2O4S2. The van der Waals surface area contributed by atoms with Crippen LogP contribution in [0.25, 0.3) is 0 Å². The van der Waals surface area contributed by atoms with E-state index in [1.165, 1.54) is 12.1 Å². The van der Waals surface area contributed by atoms with E-state index in [0.717, 1.165) is 44.7 Å². The van der Waals surface area contributed by atoms with Crippen molar-refractivity contribution in [1.29, 1.82) is 0 Å². The van der Waals surface area contributed by atoms with Gasteiger partial charge in [0.05, 0.1) is 9.92 Å². The van der Waals surface area contributed by atoms with E-state index in [0.29, 0.717) is 12.5 Å². The maximum absolute atomic E-state index is 12.4. The lowest BCUT2D eigenvalue weighted by Crippen LogP contribution is -2.33. The summed E-state index contributed by atoms with van der Waals surface area (Å²) in [7, 11) is -7.34. The molecule has 1 fully saturated rings. The van der Waals surface area contributed by atoms with Crippen molar-refractivity contribution in [2.24, 2.45) is 5.92 Å². The summed E-state index contributed by atoms with van der Waals surface area (Å²) in [5, 5.41) is 3.29. The first-order chi connectivity index (χ1) is 10.7. The predicted molar refractivity (Wildman–Crippen MR) is 90.0 cm³/mol. The van der Waals surface area contributed by atoms with Crippen molar-refractivity contribution in [1.82, 2.24) is 10.0 Å². The second-order valence-corrected chi connectivity index (χ2v) is 9.92.